The van der Waals surface area contributed by atoms with Gasteiger partial charge in [-0.2, -0.15) is 0 Å². The third kappa shape index (κ3) is 3.88. The lowest BCUT2D eigenvalue weighted by Gasteiger charge is -2.18. The van der Waals surface area contributed by atoms with E-state index in [0.29, 0.717) is 18.9 Å². The summed E-state index contributed by atoms with van der Waals surface area (Å²) in [5.41, 5.74) is 1.06. The first-order chi connectivity index (χ1) is 7.04. The van der Waals surface area contributed by atoms with E-state index < -0.39 is 0 Å². The van der Waals surface area contributed by atoms with Gasteiger partial charge in [0.2, 0.25) is 5.88 Å². The standard InChI is InChI=1S/C12H19NO2/c1-12(2,3)10-6-4-7-11(13-10)15-9-5-8-14/h4,6-7,14H,5,8-9H2,1-3H3. The van der Waals surface area contributed by atoms with E-state index in [-0.39, 0.29) is 12.0 Å². The normalized spacial score (nSPS) is 11.5. The molecular weight excluding hydrogens is 190 g/mol. The van der Waals surface area contributed by atoms with Gasteiger partial charge in [0.25, 0.3) is 0 Å². The molecule has 0 saturated carbocycles. The molecule has 0 bridgehead atoms. The van der Waals surface area contributed by atoms with Gasteiger partial charge in [-0.1, -0.05) is 26.8 Å². The number of rotatable bonds is 4. The molecule has 0 atom stereocenters. The van der Waals surface area contributed by atoms with Crippen molar-refractivity contribution in [3.8, 4) is 5.88 Å². The molecule has 0 aliphatic heterocycles. The van der Waals surface area contributed by atoms with Crippen molar-refractivity contribution in [1.82, 2.24) is 4.98 Å². The van der Waals surface area contributed by atoms with Crippen molar-refractivity contribution in [2.75, 3.05) is 13.2 Å². The van der Waals surface area contributed by atoms with E-state index in [9.17, 15) is 0 Å². The van der Waals surface area contributed by atoms with Crippen LogP contribution in [-0.2, 0) is 5.41 Å². The number of pyridine rings is 1. The number of ether oxygens (including phenoxy) is 1. The Hall–Kier alpha value is -1.09. The van der Waals surface area contributed by atoms with Crippen molar-refractivity contribution in [3.63, 3.8) is 0 Å². The molecule has 0 saturated heterocycles. The van der Waals surface area contributed by atoms with Crippen LogP contribution in [0.4, 0.5) is 0 Å². The van der Waals surface area contributed by atoms with Crippen LogP contribution in [0.5, 0.6) is 5.88 Å². The van der Waals surface area contributed by atoms with Crippen LogP contribution >= 0.6 is 0 Å². The first-order valence-corrected chi connectivity index (χ1v) is 5.25. The van der Waals surface area contributed by atoms with E-state index in [1.807, 2.05) is 18.2 Å². The molecule has 1 rings (SSSR count). The summed E-state index contributed by atoms with van der Waals surface area (Å²) in [6.07, 6.45) is 0.640. The second-order valence-corrected chi connectivity index (χ2v) is 4.54. The average Bonchev–Trinajstić information content (AvgIpc) is 2.17. The monoisotopic (exact) mass is 209 g/mol. The van der Waals surface area contributed by atoms with Crippen LogP contribution in [0, 0.1) is 0 Å². The van der Waals surface area contributed by atoms with Crippen molar-refractivity contribution in [1.29, 1.82) is 0 Å². The highest BCUT2D eigenvalue weighted by atomic mass is 16.5. The summed E-state index contributed by atoms with van der Waals surface area (Å²) in [7, 11) is 0. The lowest BCUT2D eigenvalue weighted by atomic mass is 9.92. The summed E-state index contributed by atoms with van der Waals surface area (Å²) in [4.78, 5) is 4.41. The van der Waals surface area contributed by atoms with E-state index in [2.05, 4.69) is 25.8 Å². The molecule has 84 valence electrons. The van der Waals surface area contributed by atoms with Crippen LogP contribution in [0.25, 0.3) is 0 Å². The highest BCUT2D eigenvalue weighted by Gasteiger charge is 2.15. The van der Waals surface area contributed by atoms with Crippen molar-refractivity contribution in [2.45, 2.75) is 32.6 Å². The molecule has 15 heavy (non-hydrogen) atoms. The summed E-state index contributed by atoms with van der Waals surface area (Å²) in [5, 5.41) is 8.63. The average molecular weight is 209 g/mol. The Labute approximate surface area is 91.1 Å². The van der Waals surface area contributed by atoms with Crippen LogP contribution in [0.2, 0.25) is 0 Å². The number of aliphatic hydroxyl groups excluding tert-OH is 1. The zero-order chi connectivity index (χ0) is 11.3. The van der Waals surface area contributed by atoms with E-state index in [1.54, 1.807) is 0 Å². The van der Waals surface area contributed by atoms with Crippen LogP contribution in [0.3, 0.4) is 0 Å². The summed E-state index contributed by atoms with van der Waals surface area (Å²) in [5.74, 6) is 0.635. The highest BCUT2D eigenvalue weighted by Crippen LogP contribution is 2.21. The predicted molar refractivity (Wildman–Crippen MR) is 60.1 cm³/mol. The molecule has 1 heterocycles. The molecule has 1 N–H and O–H groups in total. The third-order valence-electron chi connectivity index (χ3n) is 2.04. The summed E-state index contributed by atoms with van der Waals surface area (Å²) >= 11 is 0. The third-order valence-corrected chi connectivity index (χ3v) is 2.04. The maximum absolute atomic E-state index is 8.63. The van der Waals surface area contributed by atoms with E-state index in [0.717, 1.165) is 5.69 Å². The fraction of sp³-hybridized carbons (Fsp3) is 0.583. The Morgan fingerprint density at radius 2 is 2.07 bits per heavy atom. The summed E-state index contributed by atoms with van der Waals surface area (Å²) in [6, 6.07) is 5.79. The van der Waals surface area contributed by atoms with Gasteiger partial charge < -0.3 is 9.84 Å². The Bertz CT molecular complexity index is 305. The van der Waals surface area contributed by atoms with Crippen molar-refractivity contribution in [2.24, 2.45) is 0 Å². The van der Waals surface area contributed by atoms with E-state index in [1.165, 1.54) is 0 Å². The minimum Gasteiger partial charge on any atom is -0.478 e. The largest absolute Gasteiger partial charge is 0.478 e. The maximum Gasteiger partial charge on any atom is 0.213 e. The lowest BCUT2D eigenvalue weighted by molar-refractivity contribution is 0.228. The minimum atomic E-state index is 0.0380. The number of aliphatic hydroxyl groups is 1. The highest BCUT2D eigenvalue weighted by molar-refractivity contribution is 5.20. The molecule has 0 aliphatic carbocycles. The fourth-order valence-electron chi connectivity index (χ4n) is 1.15. The molecule has 0 fully saturated rings. The summed E-state index contributed by atoms with van der Waals surface area (Å²) in [6.45, 7) is 7.02. The molecule has 0 unspecified atom stereocenters. The Balaban J connectivity index is 2.66. The number of aromatic nitrogens is 1. The molecule has 3 heteroatoms. The molecule has 3 nitrogen and oxygen atoms in total. The minimum absolute atomic E-state index is 0.0380. The molecule has 0 aliphatic rings. The van der Waals surface area contributed by atoms with Gasteiger partial charge in [0.1, 0.15) is 0 Å². The van der Waals surface area contributed by atoms with E-state index in [4.69, 9.17) is 9.84 Å². The zero-order valence-corrected chi connectivity index (χ0v) is 9.66. The van der Waals surface area contributed by atoms with Gasteiger partial charge in [0, 0.05) is 30.2 Å². The van der Waals surface area contributed by atoms with Crippen LogP contribution in [0.15, 0.2) is 18.2 Å². The molecule has 0 aromatic carbocycles. The van der Waals surface area contributed by atoms with Crippen molar-refractivity contribution in [3.05, 3.63) is 23.9 Å². The first kappa shape index (κ1) is 12.0. The Morgan fingerprint density at radius 3 is 2.67 bits per heavy atom. The van der Waals surface area contributed by atoms with Gasteiger partial charge in [-0.3, -0.25) is 0 Å². The predicted octanol–water partition coefficient (Wildman–Crippen LogP) is 2.14. The van der Waals surface area contributed by atoms with Crippen LogP contribution in [0.1, 0.15) is 32.9 Å². The topological polar surface area (TPSA) is 42.4 Å². The quantitative estimate of drug-likeness (QED) is 0.772. The number of nitrogens with zero attached hydrogens (tertiary/aromatic N) is 1. The Kier molecular flexibility index (Phi) is 4.09. The van der Waals surface area contributed by atoms with Crippen LogP contribution in [-0.4, -0.2) is 23.3 Å². The smallest absolute Gasteiger partial charge is 0.213 e. The second kappa shape index (κ2) is 5.12. The van der Waals surface area contributed by atoms with Crippen LogP contribution < -0.4 is 4.74 Å². The Morgan fingerprint density at radius 1 is 1.33 bits per heavy atom. The van der Waals surface area contributed by atoms with Gasteiger partial charge in [-0.25, -0.2) is 4.98 Å². The van der Waals surface area contributed by atoms with Gasteiger partial charge >= 0.3 is 0 Å². The molecule has 0 amide bonds. The SMILES string of the molecule is CC(C)(C)c1cccc(OCCCO)n1. The number of hydrogen-bond donors (Lipinski definition) is 1. The zero-order valence-electron chi connectivity index (χ0n) is 9.66. The maximum atomic E-state index is 8.63. The van der Waals surface area contributed by atoms with Gasteiger partial charge in [0.05, 0.1) is 6.61 Å². The lowest BCUT2D eigenvalue weighted by Crippen LogP contribution is -2.14. The molecular formula is C12H19NO2. The second-order valence-electron chi connectivity index (χ2n) is 4.54. The van der Waals surface area contributed by atoms with Crippen molar-refractivity contribution < 1.29 is 9.84 Å². The molecule has 0 spiro atoms. The van der Waals surface area contributed by atoms with Crippen molar-refractivity contribution >= 4 is 0 Å². The number of hydrogen-bond acceptors (Lipinski definition) is 3. The first-order valence-electron chi connectivity index (χ1n) is 5.25. The molecule has 0 radical (unpaired) electrons. The fourth-order valence-corrected chi connectivity index (χ4v) is 1.15. The van der Waals surface area contributed by atoms with Gasteiger partial charge in [-0.05, 0) is 6.07 Å². The van der Waals surface area contributed by atoms with E-state index >= 15 is 0 Å². The van der Waals surface area contributed by atoms with Gasteiger partial charge in [-0.15, -0.1) is 0 Å². The molecule has 1 aromatic rings. The van der Waals surface area contributed by atoms with Gasteiger partial charge in [0.15, 0.2) is 0 Å². The summed E-state index contributed by atoms with van der Waals surface area (Å²) < 4.78 is 5.41. The molecule has 1 aromatic heterocycles.